The van der Waals surface area contributed by atoms with Gasteiger partial charge in [0, 0.05) is 19.1 Å². The molecule has 0 amide bonds. The average molecular weight is 236 g/mol. The smallest absolute Gasteiger partial charge is 0.150 e. The van der Waals surface area contributed by atoms with Gasteiger partial charge >= 0.3 is 0 Å². The van der Waals surface area contributed by atoms with E-state index in [1.54, 1.807) is 0 Å². The third-order valence-corrected chi connectivity index (χ3v) is 3.49. The first-order valence-corrected chi connectivity index (χ1v) is 6.64. The Balaban J connectivity index is 2.32. The minimum Gasteiger partial charge on any atom is -0.394 e. The van der Waals surface area contributed by atoms with Gasteiger partial charge in [0.2, 0.25) is 0 Å². The summed E-state index contributed by atoms with van der Waals surface area (Å²) in [6, 6.07) is 0.472. The fraction of sp³-hybridized carbons (Fsp3) is 0.769. The highest BCUT2D eigenvalue weighted by Crippen LogP contribution is 2.35. The van der Waals surface area contributed by atoms with Crippen molar-refractivity contribution in [1.29, 1.82) is 0 Å². The van der Waals surface area contributed by atoms with Crippen molar-refractivity contribution in [2.75, 3.05) is 17.2 Å². The van der Waals surface area contributed by atoms with E-state index in [0.717, 1.165) is 36.2 Å². The number of nitrogen functional groups attached to an aromatic ring is 1. The van der Waals surface area contributed by atoms with Crippen LogP contribution in [-0.2, 0) is 6.54 Å². The number of aromatic nitrogens is 2. The Morgan fingerprint density at radius 2 is 2.12 bits per heavy atom. The molecule has 1 fully saturated rings. The first kappa shape index (κ1) is 12.3. The van der Waals surface area contributed by atoms with Crippen LogP contribution in [0.5, 0.6) is 0 Å². The van der Waals surface area contributed by atoms with Crippen LogP contribution in [-0.4, -0.2) is 22.4 Å². The Morgan fingerprint density at radius 1 is 1.47 bits per heavy atom. The average Bonchev–Trinajstić information content (AvgIpc) is 3.05. The normalized spacial score (nSPS) is 15.6. The second-order valence-corrected chi connectivity index (χ2v) is 5.33. The molecule has 1 saturated carbocycles. The molecular weight excluding hydrogens is 212 g/mol. The zero-order valence-electron chi connectivity index (χ0n) is 11.4. The molecular formula is C13H24N4. The Labute approximate surface area is 104 Å². The van der Waals surface area contributed by atoms with Crippen molar-refractivity contribution in [2.24, 2.45) is 5.92 Å². The van der Waals surface area contributed by atoms with E-state index in [4.69, 9.17) is 5.73 Å². The van der Waals surface area contributed by atoms with Crippen molar-refractivity contribution in [3.8, 4) is 0 Å². The van der Waals surface area contributed by atoms with Crippen molar-refractivity contribution in [2.45, 2.75) is 53.1 Å². The Morgan fingerprint density at radius 3 is 2.59 bits per heavy atom. The Kier molecular flexibility index (Phi) is 3.31. The summed E-state index contributed by atoms with van der Waals surface area (Å²) in [6.45, 7) is 10.5. The topological polar surface area (TPSA) is 47.1 Å². The van der Waals surface area contributed by atoms with Crippen molar-refractivity contribution < 1.29 is 0 Å². The quantitative estimate of drug-likeness (QED) is 0.854. The maximum Gasteiger partial charge on any atom is 0.150 e. The summed E-state index contributed by atoms with van der Waals surface area (Å²) in [5.41, 5.74) is 7.98. The van der Waals surface area contributed by atoms with Gasteiger partial charge in [-0.15, -0.1) is 0 Å². The van der Waals surface area contributed by atoms with E-state index >= 15 is 0 Å². The predicted molar refractivity (Wildman–Crippen MR) is 72.3 cm³/mol. The first-order valence-electron chi connectivity index (χ1n) is 6.64. The van der Waals surface area contributed by atoms with Gasteiger partial charge in [0.15, 0.2) is 5.82 Å². The van der Waals surface area contributed by atoms with Crippen LogP contribution in [0.3, 0.4) is 0 Å². The SMILES string of the molecule is CCn1nc(C)c(N)c1N(CC1CC1)C(C)C. The Bertz CT molecular complexity index is 390. The van der Waals surface area contributed by atoms with Crippen LogP contribution in [0.1, 0.15) is 39.3 Å². The van der Waals surface area contributed by atoms with Gasteiger partial charge < -0.3 is 10.6 Å². The van der Waals surface area contributed by atoms with E-state index in [0.29, 0.717) is 6.04 Å². The second kappa shape index (κ2) is 4.59. The molecule has 0 radical (unpaired) electrons. The summed E-state index contributed by atoms with van der Waals surface area (Å²) < 4.78 is 2.03. The molecule has 96 valence electrons. The molecule has 4 nitrogen and oxygen atoms in total. The summed E-state index contributed by atoms with van der Waals surface area (Å²) >= 11 is 0. The largest absolute Gasteiger partial charge is 0.394 e. The van der Waals surface area contributed by atoms with Gasteiger partial charge in [-0.2, -0.15) is 5.10 Å². The molecule has 1 aromatic rings. The van der Waals surface area contributed by atoms with E-state index in [1.807, 2.05) is 11.6 Å². The summed E-state index contributed by atoms with van der Waals surface area (Å²) in [5.74, 6) is 1.98. The summed E-state index contributed by atoms with van der Waals surface area (Å²) in [6.07, 6.45) is 2.73. The number of hydrogen-bond acceptors (Lipinski definition) is 3. The molecule has 1 aromatic heterocycles. The standard InChI is InChI=1S/C13H24N4/c1-5-17-13(12(14)10(4)15-17)16(9(2)3)8-11-6-7-11/h9,11H,5-8,14H2,1-4H3. The fourth-order valence-corrected chi connectivity index (χ4v) is 2.23. The molecule has 1 aliphatic rings. The molecule has 2 N–H and O–H groups in total. The number of nitrogens with two attached hydrogens (primary N) is 1. The molecule has 0 aliphatic heterocycles. The third-order valence-electron chi connectivity index (χ3n) is 3.49. The minimum absolute atomic E-state index is 0.472. The highest BCUT2D eigenvalue weighted by Gasteiger charge is 2.28. The highest BCUT2D eigenvalue weighted by molar-refractivity contribution is 5.66. The lowest BCUT2D eigenvalue weighted by Gasteiger charge is -2.29. The van der Waals surface area contributed by atoms with Gasteiger partial charge in [0.1, 0.15) is 0 Å². The Hall–Kier alpha value is -1.19. The van der Waals surface area contributed by atoms with Gasteiger partial charge in [-0.25, -0.2) is 4.68 Å². The number of anilines is 2. The van der Waals surface area contributed by atoms with Crippen LogP contribution >= 0.6 is 0 Å². The predicted octanol–water partition coefficient (Wildman–Crippen LogP) is 2.42. The lowest BCUT2D eigenvalue weighted by atomic mass is 10.2. The zero-order valence-corrected chi connectivity index (χ0v) is 11.4. The molecule has 0 unspecified atom stereocenters. The maximum absolute atomic E-state index is 6.19. The molecule has 2 rings (SSSR count). The number of nitrogens with zero attached hydrogens (tertiary/aromatic N) is 3. The molecule has 0 spiro atoms. The van der Waals surface area contributed by atoms with Crippen LogP contribution in [0.4, 0.5) is 11.5 Å². The van der Waals surface area contributed by atoms with Crippen molar-refractivity contribution >= 4 is 11.5 Å². The maximum atomic E-state index is 6.19. The van der Waals surface area contributed by atoms with Crippen LogP contribution in [0.2, 0.25) is 0 Å². The summed E-state index contributed by atoms with van der Waals surface area (Å²) in [5, 5.41) is 4.51. The molecule has 4 heteroatoms. The van der Waals surface area contributed by atoms with Gasteiger partial charge in [-0.1, -0.05) is 0 Å². The van der Waals surface area contributed by atoms with Gasteiger partial charge in [0.25, 0.3) is 0 Å². The van der Waals surface area contributed by atoms with E-state index in [9.17, 15) is 0 Å². The van der Waals surface area contributed by atoms with Crippen LogP contribution < -0.4 is 10.6 Å². The third kappa shape index (κ3) is 2.40. The van der Waals surface area contributed by atoms with E-state index < -0.39 is 0 Å². The first-order chi connectivity index (χ1) is 8.04. The van der Waals surface area contributed by atoms with Crippen LogP contribution in [0, 0.1) is 12.8 Å². The lowest BCUT2D eigenvalue weighted by Crippen LogP contribution is -2.35. The molecule has 0 saturated heterocycles. The zero-order chi connectivity index (χ0) is 12.6. The van der Waals surface area contributed by atoms with Crippen LogP contribution in [0.15, 0.2) is 0 Å². The van der Waals surface area contributed by atoms with Crippen molar-refractivity contribution in [3.63, 3.8) is 0 Å². The highest BCUT2D eigenvalue weighted by atomic mass is 15.4. The number of hydrogen-bond donors (Lipinski definition) is 1. The van der Waals surface area contributed by atoms with Crippen molar-refractivity contribution in [3.05, 3.63) is 5.69 Å². The van der Waals surface area contributed by atoms with E-state index in [-0.39, 0.29) is 0 Å². The molecule has 0 atom stereocenters. The van der Waals surface area contributed by atoms with Gasteiger partial charge in [0.05, 0.1) is 11.4 Å². The van der Waals surface area contributed by atoms with Gasteiger partial charge in [-0.05, 0) is 46.5 Å². The second-order valence-electron chi connectivity index (χ2n) is 5.33. The molecule has 1 heterocycles. The summed E-state index contributed by atoms with van der Waals surface area (Å²) in [7, 11) is 0. The van der Waals surface area contributed by atoms with Crippen LogP contribution in [0.25, 0.3) is 0 Å². The minimum atomic E-state index is 0.472. The monoisotopic (exact) mass is 236 g/mol. The van der Waals surface area contributed by atoms with E-state index in [1.165, 1.54) is 12.8 Å². The summed E-state index contributed by atoms with van der Waals surface area (Å²) in [4.78, 5) is 2.41. The molecule has 17 heavy (non-hydrogen) atoms. The number of aryl methyl sites for hydroxylation is 2. The molecule has 1 aliphatic carbocycles. The fourth-order valence-electron chi connectivity index (χ4n) is 2.23. The lowest BCUT2D eigenvalue weighted by molar-refractivity contribution is 0.583. The van der Waals surface area contributed by atoms with Crippen molar-refractivity contribution in [1.82, 2.24) is 9.78 Å². The molecule has 0 aromatic carbocycles. The number of rotatable bonds is 5. The van der Waals surface area contributed by atoms with E-state index in [2.05, 4.69) is 30.8 Å². The molecule has 0 bridgehead atoms. The van der Waals surface area contributed by atoms with Gasteiger partial charge in [-0.3, -0.25) is 0 Å².